The average Bonchev–Trinajstić information content (AvgIpc) is 2.75. The molecular weight excluding hydrogens is 270 g/mol. The Labute approximate surface area is 123 Å². The zero-order chi connectivity index (χ0) is 14.7. The van der Waals surface area contributed by atoms with Gasteiger partial charge in [-0.3, -0.25) is 4.79 Å². The summed E-state index contributed by atoms with van der Waals surface area (Å²) in [6.07, 6.45) is 0. The minimum atomic E-state index is -0.250. The third-order valence-electron chi connectivity index (χ3n) is 2.96. The number of aromatic nitrogens is 1. The van der Waals surface area contributed by atoms with Crippen molar-refractivity contribution in [2.45, 2.75) is 33.7 Å². The smallest absolute Gasteiger partial charge is 0.242 e. The highest BCUT2D eigenvalue weighted by Crippen LogP contribution is 2.25. The summed E-state index contributed by atoms with van der Waals surface area (Å²) in [7, 11) is 0. The summed E-state index contributed by atoms with van der Waals surface area (Å²) in [4.78, 5) is 16.4. The van der Waals surface area contributed by atoms with Crippen LogP contribution in [0.2, 0.25) is 0 Å². The lowest BCUT2D eigenvalue weighted by Gasteiger charge is -2.16. The molecule has 2 aromatic rings. The van der Waals surface area contributed by atoms with Crippen LogP contribution in [0.15, 0.2) is 18.2 Å². The van der Waals surface area contributed by atoms with Gasteiger partial charge < -0.3 is 10.6 Å². The summed E-state index contributed by atoms with van der Waals surface area (Å²) >= 11 is 1.66. The first kappa shape index (κ1) is 14.8. The van der Waals surface area contributed by atoms with Crippen molar-refractivity contribution < 1.29 is 4.79 Å². The van der Waals surface area contributed by atoms with Crippen molar-refractivity contribution in [2.24, 2.45) is 5.92 Å². The van der Waals surface area contributed by atoms with Crippen molar-refractivity contribution in [3.05, 3.63) is 23.2 Å². The zero-order valence-corrected chi connectivity index (χ0v) is 13.2. The summed E-state index contributed by atoms with van der Waals surface area (Å²) in [5.41, 5.74) is 1.96. The van der Waals surface area contributed by atoms with Crippen molar-refractivity contribution in [3.8, 4) is 0 Å². The van der Waals surface area contributed by atoms with Gasteiger partial charge in [-0.2, -0.15) is 0 Å². The Morgan fingerprint density at radius 3 is 2.80 bits per heavy atom. The second-order valence-electron chi connectivity index (χ2n) is 5.42. The topological polar surface area (TPSA) is 54.0 Å². The van der Waals surface area contributed by atoms with E-state index >= 15 is 0 Å². The van der Waals surface area contributed by atoms with Gasteiger partial charge in [-0.15, -0.1) is 11.3 Å². The summed E-state index contributed by atoms with van der Waals surface area (Å²) < 4.78 is 1.14. The van der Waals surface area contributed by atoms with E-state index in [4.69, 9.17) is 0 Å². The highest BCUT2D eigenvalue weighted by atomic mass is 32.1. The lowest BCUT2D eigenvalue weighted by Crippen LogP contribution is -2.39. The standard InChI is InChI=1S/C15H21N3OS/c1-9(2)8-16-15(19)10(3)17-12-5-6-13-14(7-12)20-11(4)18-13/h5-7,9-10,17H,8H2,1-4H3,(H,16,19). The number of nitrogens with zero attached hydrogens (tertiary/aromatic N) is 1. The van der Waals surface area contributed by atoms with Crippen LogP contribution in [0.1, 0.15) is 25.8 Å². The molecular formula is C15H21N3OS. The number of rotatable bonds is 5. The maximum absolute atomic E-state index is 11.9. The van der Waals surface area contributed by atoms with Crippen LogP contribution in [-0.4, -0.2) is 23.5 Å². The number of fused-ring (bicyclic) bond motifs is 1. The molecule has 0 aliphatic rings. The van der Waals surface area contributed by atoms with Crippen molar-refractivity contribution in [1.29, 1.82) is 0 Å². The Bertz CT molecular complexity index is 606. The molecule has 1 heterocycles. The first-order valence-electron chi connectivity index (χ1n) is 6.87. The van der Waals surface area contributed by atoms with E-state index in [0.29, 0.717) is 12.5 Å². The van der Waals surface area contributed by atoms with Crippen molar-refractivity contribution in [3.63, 3.8) is 0 Å². The van der Waals surface area contributed by atoms with Crippen LogP contribution in [-0.2, 0) is 4.79 Å². The van der Waals surface area contributed by atoms with E-state index in [9.17, 15) is 4.79 Å². The molecule has 1 amide bonds. The second kappa shape index (κ2) is 6.22. The lowest BCUT2D eigenvalue weighted by molar-refractivity contribution is -0.121. The van der Waals surface area contributed by atoms with E-state index in [1.54, 1.807) is 11.3 Å². The molecule has 1 aromatic carbocycles. The van der Waals surface area contributed by atoms with Gasteiger partial charge in [-0.25, -0.2) is 4.98 Å². The summed E-state index contributed by atoms with van der Waals surface area (Å²) in [5.74, 6) is 0.488. The Kier molecular flexibility index (Phi) is 4.60. The van der Waals surface area contributed by atoms with Crippen LogP contribution in [0.25, 0.3) is 10.2 Å². The van der Waals surface area contributed by atoms with Crippen LogP contribution in [0.5, 0.6) is 0 Å². The van der Waals surface area contributed by atoms with Gasteiger partial charge in [-0.05, 0) is 38.0 Å². The number of hydrogen-bond donors (Lipinski definition) is 2. The summed E-state index contributed by atoms with van der Waals surface area (Å²) in [6, 6.07) is 5.75. The van der Waals surface area contributed by atoms with Gasteiger partial charge in [-0.1, -0.05) is 13.8 Å². The van der Waals surface area contributed by atoms with Crippen LogP contribution in [0.4, 0.5) is 5.69 Å². The van der Waals surface area contributed by atoms with Gasteiger partial charge in [0.2, 0.25) is 5.91 Å². The molecule has 5 heteroatoms. The van der Waals surface area contributed by atoms with E-state index < -0.39 is 0 Å². The summed E-state index contributed by atoms with van der Waals surface area (Å²) in [6.45, 7) is 8.74. The third-order valence-corrected chi connectivity index (χ3v) is 3.89. The first-order valence-corrected chi connectivity index (χ1v) is 7.69. The predicted octanol–water partition coefficient (Wildman–Crippen LogP) is 3.18. The highest BCUT2D eigenvalue weighted by molar-refractivity contribution is 7.18. The lowest BCUT2D eigenvalue weighted by atomic mass is 10.2. The minimum absolute atomic E-state index is 0.0271. The number of carbonyl (C=O) groups is 1. The van der Waals surface area contributed by atoms with Crippen molar-refractivity contribution in [2.75, 3.05) is 11.9 Å². The van der Waals surface area contributed by atoms with Crippen LogP contribution < -0.4 is 10.6 Å². The average molecular weight is 291 g/mol. The van der Waals surface area contributed by atoms with Crippen LogP contribution in [0.3, 0.4) is 0 Å². The number of thiazole rings is 1. The number of anilines is 1. The molecule has 1 unspecified atom stereocenters. The molecule has 0 saturated carbocycles. The van der Waals surface area contributed by atoms with Crippen LogP contribution >= 0.6 is 11.3 Å². The Balaban J connectivity index is 2.01. The molecule has 4 nitrogen and oxygen atoms in total. The maximum atomic E-state index is 11.9. The number of aryl methyl sites for hydroxylation is 1. The highest BCUT2D eigenvalue weighted by Gasteiger charge is 2.13. The number of amides is 1. The van der Waals surface area contributed by atoms with Gasteiger partial charge >= 0.3 is 0 Å². The van der Waals surface area contributed by atoms with Gasteiger partial charge in [0, 0.05) is 12.2 Å². The molecule has 2 rings (SSSR count). The molecule has 0 saturated heterocycles. The molecule has 2 N–H and O–H groups in total. The largest absolute Gasteiger partial charge is 0.374 e. The third kappa shape index (κ3) is 3.70. The van der Waals surface area contributed by atoms with E-state index in [0.717, 1.165) is 20.9 Å². The fourth-order valence-corrected chi connectivity index (χ4v) is 2.77. The molecule has 20 heavy (non-hydrogen) atoms. The molecule has 0 bridgehead atoms. The first-order chi connectivity index (χ1) is 9.45. The molecule has 1 aromatic heterocycles. The molecule has 0 fully saturated rings. The Hall–Kier alpha value is -1.62. The Morgan fingerprint density at radius 1 is 1.35 bits per heavy atom. The van der Waals surface area contributed by atoms with Gasteiger partial charge in [0.15, 0.2) is 0 Å². The normalized spacial score (nSPS) is 12.7. The molecule has 0 aliphatic carbocycles. The van der Waals surface area contributed by atoms with E-state index in [1.165, 1.54) is 0 Å². The van der Waals surface area contributed by atoms with Gasteiger partial charge in [0.1, 0.15) is 6.04 Å². The molecule has 1 atom stereocenters. The van der Waals surface area contributed by atoms with Gasteiger partial charge in [0.05, 0.1) is 15.2 Å². The van der Waals surface area contributed by atoms with Crippen molar-refractivity contribution in [1.82, 2.24) is 10.3 Å². The molecule has 0 aliphatic heterocycles. The number of benzene rings is 1. The molecule has 0 spiro atoms. The van der Waals surface area contributed by atoms with Crippen molar-refractivity contribution >= 4 is 33.1 Å². The zero-order valence-electron chi connectivity index (χ0n) is 12.4. The SMILES string of the molecule is Cc1nc2ccc(NC(C)C(=O)NCC(C)C)cc2s1. The number of hydrogen-bond acceptors (Lipinski definition) is 4. The van der Waals surface area contributed by atoms with E-state index in [1.807, 2.05) is 32.0 Å². The van der Waals surface area contributed by atoms with Gasteiger partial charge in [0.25, 0.3) is 0 Å². The molecule has 108 valence electrons. The molecule has 0 radical (unpaired) electrons. The predicted molar refractivity (Wildman–Crippen MR) is 85.3 cm³/mol. The quantitative estimate of drug-likeness (QED) is 0.889. The monoisotopic (exact) mass is 291 g/mol. The fraction of sp³-hybridized carbons (Fsp3) is 0.467. The summed E-state index contributed by atoms with van der Waals surface area (Å²) in [5, 5.41) is 7.22. The van der Waals surface area contributed by atoms with Crippen LogP contribution in [0, 0.1) is 12.8 Å². The number of nitrogens with one attached hydrogen (secondary N) is 2. The fourth-order valence-electron chi connectivity index (χ4n) is 1.90. The van der Waals surface area contributed by atoms with E-state index in [-0.39, 0.29) is 11.9 Å². The Morgan fingerprint density at radius 2 is 2.10 bits per heavy atom. The second-order valence-corrected chi connectivity index (χ2v) is 6.66. The van der Waals surface area contributed by atoms with E-state index in [2.05, 4.69) is 29.5 Å². The maximum Gasteiger partial charge on any atom is 0.242 e. The minimum Gasteiger partial charge on any atom is -0.374 e. The number of carbonyl (C=O) groups excluding carboxylic acids is 1.